The molecule has 9 nitrogen and oxygen atoms in total. The molecule has 182 valence electrons. The van der Waals surface area contributed by atoms with Crippen molar-refractivity contribution in [3.8, 4) is 0 Å². The van der Waals surface area contributed by atoms with Gasteiger partial charge in [0.25, 0.3) is 0 Å². The summed E-state index contributed by atoms with van der Waals surface area (Å²) in [5.41, 5.74) is 3.05. The summed E-state index contributed by atoms with van der Waals surface area (Å²) in [6.07, 6.45) is 7.51. The zero-order valence-electron chi connectivity index (χ0n) is 20.1. The molecule has 0 saturated carbocycles. The van der Waals surface area contributed by atoms with Crippen LogP contribution in [-0.2, 0) is 16.0 Å². The second-order valence-electron chi connectivity index (χ2n) is 9.52. The number of aromatic nitrogens is 4. The Hall–Kier alpha value is -3.37. The lowest BCUT2D eigenvalue weighted by molar-refractivity contribution is -0.146. The van der Waals surface area contributed by atoms with Gasteiger partial charge in [-0.15, -0.1) is 11.3 Å². The maximum absolute atomic E-state index is 13.4. The Labute approximate surface area is 207 Å². The van der Waals surface area contributed by atoms with Crippen molar-refractivity contribution < 1.29 is 9.59 Å². The maximum atomic E-state index is 13.4. The van der Waals surface area contributed by atoms with E-state index in [-0.39, 0.29) is 6.04 Å². The van der Waals surface area contributed by atoms with Crippen molar-refractivity contribution in [2.75, 3.05) is 32.5 Å². The standard InChI is InChI=1S/C25H29N7O2S/c1-15-4-6-20(16-5-7-21-18(10-16)28-22(35-21)8-9-31(2)3)32(14-15)25(34)24(33)29-19-13-26-11-17-12-27-30-23(17)19/h5,7,10-13,15,20H,4,6,8-9,14H2,1-3H3,(H,27,30)(H,29,33). The van der Waals surface area contributed by atoms with Crippen molar-refractivity contribution in [1.29, 1.82) is 0 Å². The van der Waals surface area contributed by atoms with Gasteiger partial charge in [-0.2, -0.15) is 5.10 Å². The number of amides is 2. The van der Waals surface area contributed by atoms with Crippen LogP contribution in [-0.4, -0.2) is 69.0 Å². The number of benzene rings is 1. The third-order valence-electron chi connectivity index (χ3n) is 6.49. The number of likely N-dealkylation sites (N-methyl/N-ethyl adjacent to an activating group) is 1. The number of carbonyl (C=O) groups excluding carboxylic acids is 2. The first-order chi connectivity index (χ1) is 16.9. The Morgan fingerprint density at radius 3 is 2.91 bits per heavy atom. The van der Waals surface area contributed by atoms with E-state index in [0.717, 1.165) is 52.0 Å². The van der Waals surface area contributed by atoms with Gasteiger partial charge >= 0.3 is 11.8 Å². The average Bonchev–Trinajstić information content (AvgIpc) is 3.49. The van der Waals surface area contributed by atoms with E-state index in [2.05, 4.69) is 64.6 Å². The van der Waals surface area contributed by atoms with Gasteiger partial charge in [-0.3, -0.25) is 19.7 Å². The summed E-state index contributed by atoms with van der Waals surface area (Å²) in [4.78, 5) is 39.2. The Balaban J connectivity index is 1.38. The molecule has 10 heteroatoms. The van der Waals surface area contributed by atoms with E-state index in [0.29, 0.717) is 23.7 Å². The number of nitrogens with one attached hydrogen (secondary N) is 2. The highest BCUT2D eigenvalue weighted by Crippen LogP contribution is 2.35. The summed E-state index contributed by atoms with van der Waals surface area (Å²) >= 11 is 1.71. The number of H-pyrrole nitrogens is 1. The minimum absolute atomic E-state index is 0.165. The Morgan fingerprint density at radius 2 is 2.09 bits per heavy atom. The van der Waals surface area contributed by atoms with Gasteiger partial charge in [0.2, 0.25) is 0 Å². The van der Waals surface area contributed by atoms with E-state index in [1.165, 1.54) is 6.20 Å². The topological polar surface area (TPSA) is 107 Å². The summed E-state index contributed by atoms with van der Waals surface area (Å²) in [7, 11) is 4.12. The zero-order valence-corrected chi connectivity index (χ0v) is 20.9. The maximum Gasteiger partial charge on any atom is 0.314 e. The monoisotopic (exact) mass is 491 g/mol. The summed E-state index contributed by atoms with van der Waals surface area (Å²) in [6.45, 7) is 3.60. The lowest BCUT2D eigenvalue weighted by atomic mass is 9.89. The lowest BCUT2D eigenvalue weighted by Crippen LogP contribution is -2.46. The van der Waals surface area contributed by atoms with Crippen LogP contribution in [0, 0.1) is 5.92 Å². The molecule has 0 aliphatic carbocycles. The van der Waals surface area contributed by atoms with Gasteiger partial charge in [-0.25, -0.2) is 4.98 Å². The van der Waals surface area contributed by atoms with Crippen molar-refractivity contribution >= 4 is 50.0 Å². The van der Waals surface area contributed by atoms with Crippen molar-refractivity contribution in [2.45, 2.75) is 32.2 Å². The predicted octanol–water partition coefficient (Wildman–Crippen LogP) is 3.61. The minimum Gasteiger partial charge on any atom is -0.327 e. The van der Waals surface area contributed by atoms with Crippen LogP contribution in [0.3, 0.4) is 0 Å². The first-order valence-electron chi connectivity index (χ1n) is 11.8. The van der Waals surface area contributed by atoms with E-state index in [4.69, 9.17) is 4.98 Å². The molecule has 5 rings (SSSR count). The Kier molecular flexibility index (Phi) is 6.48. The molecular weight excluding hydrogens is 462 g/mol. The number of carbonyl (C=O) groups is 2. The molecule has 3 aromatic heterocycles. The number of rotatable bonds is 5. The number of nitrogens with zero attached hydrogens (tertiary/aromatic N) is 5. The molecule has 2 unspecified atom stereocenters. The number of fused-ring (bicyclic) bond motifs is 2. The largest absolute Gasteiger partial charge is 0.327 e. The molecule has 0 spiro atoms. The molecule has 2 atom stereocenters. The van der Waals surface area contributed by atoms with Gasteiger partial charge in [0, 0.05) is 31.1 Å². The molecule has 4 aromatic rings. The zero-order chi connectivity index (χ0) is 24.5. The lowest BCUT2D eigenvalue weighted by Gasteiger charge is -2.38. The highest BCUT2D eigenvalue weighted by atomic mass is 32.1. The molecule has 0 bridgehead atoms. The number of anilines is 1. The average molecular weight is 492 g/mol. The number of thiazole rings is 1. The second-order valence-corrected chi connectivity index (χ2v) is 10.6. The molecule has 1 aromatic carbocycles. The number of aromatic amines is 1. The molecule has 4 heterocycles. The SMILES string of the molecule is CC1CCC(c2ccc3sc(CCN(C)C)nc3c2)N(C(=O)C(=O)Nc2cncc3cn[nH]c23)C1. The van der Waals surface area contributed by atoms with Gasteiger partial charge in [-0.05, 0) is 50.6 Å². The molecular formula is C25H29N7O2S. The third-order valence-corrected chi connectivity index (χ3v) is 7.59. The van der Waals surface area contributed by atoms with Crippen LogP contribution in [0.5, 0.6) is 0 Å². The Morgan fingerprint density at radius 1 is 1.23 bits per heavy atom. The molecule has 1 saturated heterocycles. The van der Waals surface area contributed by atoms with Crippen molar-refractivity contribution in [3.05, 3.63) is 47.4 Å². The summed E-state index contributed by atoms with van der Waals surface area (Å²) in [5, 5.41) is 11.4. The van der Waals surface area contributed by atoms with Crippen LogP contribution >= 0.6 is 11.3 Å². The summed E-state index contributed by atoms with van der Waals surface area (Å²) < 4.78 is 1.14. The molecule has 1 aliphatic rings. The highest BCUT2D eigenvalue weighted by Gasteiger charge is 2.34. The van der Waals surface area contributed by atoms with Crippen LogP contribution in [0.15, 0.2) is 36.8 Å². The summed E-state index contributed by atoms with van der Waals surface area (Å²) in [6, 6.07) is 6.08. The van der Waals surface area contributed by atoms with E-state index >= 15 is 0 Å². The van der Waals surface area contributed by atoms with Crippen LogP contribution in [0.1, 0.15) is 36.4 Å². The van der Waals surface area contributed by atoms with Crippen LogP contribution in [0.2, 0.25) is 0 Å². The van der Waals surface area contributed by atoms with E-state index in [1.54, 1.807) is 28.6 Å². The van der Waals surface area contributed by atoms with Crippen LogP contribution in [0.4, 0.5) is 5.69 Å². The van der Waals surface area contributed by atoms with E-state index < -0.39 is 11.8 Å². The van der Waals surface area contributed by atoms with E-state index in [9.17, 15) is 9.59 Å². The second kappa shape index (κ2) is 9.71. The fraction of sp³-hybridized carbons (Fsp3) is 0.400. The highest BCUT2D eigenvalue weighted by molar-refractivity contribution is 7.18. The smallest absolute Gasteiger partial charge is 0.314 e. The molecule has 2 amide bonds. The number of pyridine rings is 1. The van der Waals surface area contributed by atoms with Crippen LogP contribution in [0.25, 0.3) is 21.1 Å². The molecule has 2 N–H and O–H groups in total. The molecule has 35 heavy (non-hydrogen) atoms. The van der Waals surface area contributed by atoms with Crippen molar-refractivity contribution in [2.24, 2.45) is 5.92 Å². The van der Waals surface area contributed by atoms with Crippen molar-refractivity contribution in [1.82, 2.24) is 30.0 Å². The quantitative estimate of drug-likeness (QED) is 0.413. The normalized spacial score (nSPS) is 18.5. The number of likely N-dealkylation sites (tertiary alicyclic amines) is 1. The summed E-state index contributed by atoms with van der Waals surface area (Å²) in [5.74, 6) is -0.891. The van der Waals surface area contributed by atoms with E-state index in [1.807, 2.05) is 0 Å². The molecule has 0 radical (unpaired) electrons. The molecule has 1 aliphatic heterocycles. The van der Waals surface area contributed by atoms with Gasteiger partial charge < -0.3 is 15.1 Å². The predicted molar refractivity (Wildman–Crippen MR) is 137 cm³/mol. The number of hydrogen-bond donors (Lipinski definition) is 2. The van der Waals surface area contributed by atoms with Crippen molar-refractivity contribution in [3.63, 3.8) is 0 Å². The number of piperidine rings is 1. The first-order valence-corrected chi connectivity index (χ1v) is 12.6. The number of hydrogen-bond acceptors (Lipinski definition) is 7. The third kappa shape index (κ3) is 4.89. The van der Waals surface area contributed by atoms with Gasteiger partial charge in [0.1, 0.15) is 0 Å². The van der Waals surface area contributed by atoms with Crippen LogP contribution < -0.4 is 5.32 Å². The minimum atomic E-state index is -0.672. The first kappa shape index (κ1) is 23.4. The fourth-order valence-corrected chi connectivity index (χ4v) is 5.55. The van der Waals surface area contributed by atoms with Gasteiger partial charge in [-0.1, -0.05) is 13.0 Å². The van der Waals surface area contributed by atoms with Gasteiger partial charge in [0.05, 0.1) is 44.9 Å². The van der Waals surface area contributed by atoms with Gasteiger partial charge in [0.15, 0.2) is 0 Å². The Bertz CT molecular complexity index is 1380. The molecule has 1 fully saturated rings. The fourth-order valence-electron chi connectivity index (χ4n) is 4.62.